The maximum atomic E-state index is 12.4. The van der Waals surface area contributed by atoms with Gasteiger partial charge < -0.3 is 9.47 Å². The van der Waals surface area contributed by atoms with E-state index >= 15 is 0 Å². The molecule has 6 heteroatoms. The van der Waals surface area contributed by atoms with Crippen molar-refractivity contribution in [2.45, 2.75) is 12.3 Å². The molecular formula is C7H9ClF2O3. The first kappa shape index (κ1) is 12.2. The van der Waals surface area contributed by atoms with Crippen molar-refractivity contribution >= 4 is 17.6 Å². The van der Waals surface area contributed by atoms with E-state index in [9.17, 15) is 13.6 Å². The van der Waals surface area contributed by atoms with Gasteiger partial charge in [0.2, 0.25) is 0 Å². The number of hydrogen-bond donors (Lipinski definition) is 0. The van der Waals surface area contributed by atoms with Crippen molar-refractivity contribution in [1.82, 2.24) is 0 Å². The number of halogens is 3. The number of allylic oxidation sites excluding steroid dienone is 1. The van der Waals surface area contributed by atoms with E-state index in [2.05, 4.69) is 21.1 Å². The molecule has 0 unspecified atom stereocenters. The highest BCUT2D eigenvalue weighted by molar-refractivity contribution is 6.23. The highest BCUT2D eigenvalue weighted by Gasteiger charge is 2.33. The number of carbonyl (C=O) groups is 1. The Morgan fingerprint density at radius 1 is 1.62 bits per heavy atom. The zero-order chi connectivity index (χ0) is 10.5. The lowest BCUT2D eigenvalue weighted by Gasteiger charge is -2.10. The van der Waals surface area contributed by atoms with Crippen LogP contribution in [0.15, 0.2) is 11.8 Å². The molecule has 0 aliphatic rings. The van der Waals surface area contributed by atoms with E-state index in [1.54, 1.807) is 6.92 Å². The topological polar surface area (TPSA) is 35.5 Å². The second-order valence-electron chi connectivity index (χ2n) is 1.96. The molecule has 13 heavy (non-hydrogen) atoms. The summed E-state index contributed by atoms with van der Waals surface area (Å²) in [7, 11) is 0.987. The van der Waals surface area contributed by atoms with Gasteiger partial charge >= 0.3 is 11.4 Å². The molecule has 0 fully saturated rings. The molecule has 0 bridgehead atoms. The van der Waals surface area contributed by atoms with Crippen LogP contribution in [0.1, 0.15) is 6.92 Å². The molecular weight excluding hydrogens is 206 g/mol. The van der Waals surface area contributed by atoms with Gasteiger partial charge in [-0.15, -0.1) is 0 Å². The molecule has 3 nitrogen and oxygen atoms in total. The maximum Gasteiger partial charge on any atom is 0.379 e. The molecule has 0 heterocycles. The lowest BCUT2D eigenvalue weighted by atomic mass is 10.4. The number of methoxy groups -OCH3 is 1. The van der Waals surface area contributed by atoms with Gasteiger partial charge in [0.15, 0.2) is 5.76 Å². The van der Waals surface area contributed by atoms with E-state index in [4.69, 9.17) is 0 Å². The molecule has 0 spiro atoms. The molecule has 0 rings (SSSR count). The van der Waals surface area contributed by atoms with Crippen LogP contribution >= 0.6 is 11.6 Å². The van der Waals surface area contributed by atoms with Gasteiger partial charge in [-0.3, -0.25) is 0 Å². The number of hydrogen-bond acceptors (Lipinski definition) is 3. The fourth-order valence-electron chi connectivity index (χ4n) is 0.547. The number of carbonyl (C=O) groups excluding carboxylic acids is 1. The first-order valence-electron chi connectivity index (χ1n) is 3.41. The van der Waals surface area contributed by atoms with E-state index in [0.717, 1.165) is 7.11 Å². The summed E-state index contributed by atoms with van der Waals surface area (Å²) in [6, 6.07) is 0. The second kappa shape index (κ2) is 5.01. The van der Waals surface area contributed by atoms with E-state index in [0.29, 0.717) is 6.08 Å². The molecule has 0 aliphatic carbocycles. The van der Waals surface area contributed by atoms with Gasteiger partial charge in [-0.2, -0.15) is 8.78 Å². The Morgan fingerprint density at radius 3 is 2.46 bits per heavy atom. The van der Waals surface area contributed by atoms with Crippen LogP contribution in [-0.2, 0) is 14.3 Å². The molecule has 76 valence electrons. The van der Waals surface area contributed by atoms with Crippen LogP contribution in [0.4, 0.5) is 8.78 Å². The molecule has 0 aromatic heterocycles. The second-order valence-corrected chi connectivity index (χ2v) is 2.44. The number of esters is 1. The fraction of sp³-hybridized carbons (Fsp3) is 0.571. The van der Waals surface area contributed by atoms with Crippen LogP contribution in [0.5, 0.6) is 0 Å². The summed E-state index contributed by atoms with van der Waals surface area (Å²) >= 11 is 4.61. The lowest BCUT2D eigenvalue weighted by Crippen LogP contribution is -2.14. The van der Waals surface area contributed by atoms with Crippen molar-refractivity contribution in [1.29, 1.82) is 0 Å². The average molecular weight is 215 g/mol. The molecule has 0 saturated heterocycles. The zero-order valence-corrected chi connectivity index (χ0v) is 7.90. The third-order valence-corrected chi connectivity index (χ3v) is 1.22. The Morgan fingerprint density at radius 2 is 2.15 bits per heavy atom. The number of alkyl halides is 3. The Bertz CT molecular complexity index is 210. The molecule has 0 amide bonds. The molecule has 0 saturated carbocycles. The average Bonchev–Trinajstić information content (AvgIpc) is 1.98. The summed E-state index contributed by atoms with van der Waals surface area (Å²) in [5.74, 6) is -1.85. The van der Waals surface area contributed by atoms with Crippen molar-refractivity contribution in [3.63, 3.8) is 0 Å². The number of rotatable bonds is 4. The predicted molar refractivity (Wildman–Crippen MR) is 42.5 cm³/mol. The Kier molecular flexibility index (Phi) is 4.69. The van der Waals surface area contributed by atoms with Gasteiger partial charge in [-0.05, 0) is 18.5 Å². The summed E-state index contributed by atoms with van der Waals surface area (Å²) < 4.78 is 33.3. The molecule has 0 radical (unpaired) electrons. The van der Waals surface area contributed by atoms with E-state index in [1.807, 2.05) is 0 Å². The Labute approximate surface area is 79.3 Å². The quantitative estimate of drug-likeness (QED) is 0.310. The normalized spacial score (nSPS) is 12.5. The van der Waals surface area contributed by atoms with Gasteiger partial charge in [0.1, 0.15) is 0 Å². The first-order valence-corrected chi connectivity index (χ1v) is 3.79. The first-order chi connectivity index (χ1) is 5.91. The van der Waals surface area contributed by atoms with Crippen LogP contribution < -0.4 is 0 Å². The molecule has 0 aliphatic heterocycles. The zero-order valence-electron chi connectivity index (χ0n) is 7.14. The third-order valence-electron chi connectivity index (χ3n) is 1.03. The Hall–Kier alpha value is -0.840. The van der Waals surface area contributed by atoms with Crippen LogP contribution in [-0.4, -0.2) is 25.1 Å². The number of ether oxygens (including phenoxy) is 2. The third kappa shape index (κ3) is 4.67. The monoisotopic (exact) mass is 214 g/mol. The van der Waals surface area contributed by atoms with Crippen molar-refractivity contribution < 1.29 is 23.0 Å². The van der Waals surface area contributed by atoms with E-state index in [1.165, 1.54) is 0 Å². The minimum Gasteiger partial charge on any atom is -0.493 e. The molecule has 0 atom stereocenters. The highest BCUT2D eigenvalue weighted by Crippen LogP contribution is 2.28. The predicted octanol–water partition coefficient (Wildman–Crippen LogP) is 1.91. The SMILES string of the molecule is CCOC(=O)C=C(OC)C(F)(F)Cl. The minimum absolute atomic E-state index is 0.0974. The molecule has 0 N–H and O–H groups in total. The summed E-state index contributed by atoms with van der Waals surface area (Å²) in [4.78, 5) is 10.7. The maximum absolute atomic E-state index is 12.4. The summed E-state index contributed by atoms with van der Waals surface area (Å²) in [6.07, 6.45) is 0.510. The van der Waals surface area contributed by atoms with Crippen LogP contribution in [0.25, 0.3) is 0 Å². The molecule has 0 aromatic rings. The van der Waals surface area contributed by atoms with Crippen molar-refractivity contribution in [3.05, 3.63) is 11.8 Å². The van der Waals surface area contributed by atoms with Crippen LogP contribution in [0, 0.1) is 0 Å². The summed E-state index contributed by atoms with van der Waals surface area (Å²) in [5.41, 5.74) is 0. The van der Waals surface area contributed by atoms with E-state index < -0.39 is 17.1 Å². The standard InChI is InChI=1S/C7H9ClF2O3/c1-3-13-6(11)4-5(12-2)7(8,9)10/h4H,3H2,1-2H3. The van der Waals surface area contributed by atoms with Gasteiger partial charge in [-0.1, -0.05) is 0 Å². The van der Waals surface area contributed by atoms with Crippen LogP contribution in [0.2, 0.25) is 0 Å². The van der Waals surface area contributed by atoms with E-state index in [-0.39, 0.29) is 6.61 Å². The summed E-state index contributed by atoms with van der Waals surface area (Å²) in [6.45, 7) is 1.65. The van der Waals surface area contributed by atoms with Gasteiger partial charge in [-0.25, -0.2) is 4.79 Å². The fourth-order valence-corrected chi connectivity index (χ4v) is 0.679. The highest BCUT2D eigenvalue weighted by atomic mass is 35.5. The van der Waals surface area contributed by atoms with Gasteiger partial charge in [0.05, 0.1) is 19.8 Å². The summed E-state index contributed by atoms with van der Waals surface area (Å²) in [5, 5.41) is -3.69. The largest absolute Gasteiger partial charge is 0.493 e. The Balaban J connectivity index is 4.48. The van der Waals surface area contributed by atoms with Gasteiger partial charge in [0, 0.05) is 0 Å². The smallest absolute Gasteiger partial charge is 0.379 e. The van der Waals surface area contributed by atoms with Crippen molar-refractivity contribution in [2.75, 3.05) is 13.7 Å². The van der Waals surface area contributed by atoms with Crippen molar-refractivity contribution in [3.8, 4) is 0 Å². The van der Waals surface area contributed by atoms with Crippen molar-refractivity contribution in [2.24, 2.45) is 0 Å². The minimum atomic E-state index is -3.69. The lowest BCUT2D eigenvalue weighted by molar-refractivity contribution is -0.137. The van der Waals surface area contributed by atoms with Gasteiger partial charge in [0.25, 0.3) is 0 Å². The van der Waals surface area contributed by atoms with Crippen LogP contribution in [0.3, 0.4) is 0 Å². The molecule has 0 aromatic carbocycles.